The highest BCUT2D eigenvalue weighted by Gasteiger charge is 2.13. The molecular weight excluding hydrogens is 197 g/mol. The minimum atomic E-state index is 0.560. The Morgan fingerprint density at radius 2 is 2.17 bits per heavy atom. The van der Waals surface area contributed by atoms with Gasteiger partial charge in [-0.25, -0.2) is 0 Å². The molecule has 12 heavy (non-hydrogen) atoms. The highest BCUT2D eigenvalue weighted by atomic mass is 35.5. The van der Waals surface area contributed by atoms with E-state index >= 15 is 0 Å². The lowest BCUT2D eigenvalue weighted by molar-refractivity contribution is 0.323. The normalized spacial score (nSPS) is 14.5. The van der Waals surface area contributed by atoms with Crippen molar-refractivity contribution in [1.29, 1.82) is 0 Å². The zero-order chi connectivity index (χ0) is 8.55. The van der Waals surface area contributed by atoms with Gasteiger partial charge in [-0.1, -0.05) is 23.2 Å². The Morgan fingerprint density at radius 1 is 1.33 bits per heavy atom. The summed E-state index contributed by atoms with van der Waals surface area (Å²) < 4.78 is 5.36. The molecule has 0 fully saturated rings. The number of nitrogens with one attached hydrogen (secondary N) is 1. The van der Waals surface area contributed by atoms with Gasteiger partial charge < -0.3 is 10.1 Å². The molecule has 1 aromatic rings. The molecule has 0 radical (unpaired) electrons. The van der Waals surface area contributed by atoms with Crippen molar-refractivity contribution in [3.8, 4) is 5.75 Å². The first kappa shape index (κ1) is 8.02. The summed E-state index contributed by atoms with van der Waals surface area (Å²) in [7, 11) is 0. The molecular formula is C8H7Cl2NO. The minimum absolute atomic E-state index is 0.560. The number of anilines is 1. The number of hydrogen-bond acceptors (Lipinski definition) is 2. The van der Waals surface area contributed by atoms with Gasteiger partial charge in [0.2, 0.25) is 0 Å². The predicted molar refractivity (Wildman–Crippen MR) is 50.4 cm³/mol. The average Bonchev–Trinajstić information content (AvgIpc) is 2.04. The Labute approximate surface area is 80.4 Å². The molecule has 1 aromatic carbocycles. The van der Waals surface area contributed by atoms with Gasteiger partial charge in [-0.05, 0) is 12.1 Å². The lowest BCUT2D eigenvalue weighted by atomic mass is 10.2. The number of fused-ring (bicyclic) bond motifs is 1. The molecule has 0 spiro atoms. The molecule has 0 amide bonds. The fourth-order valence-corrected chi connectivity index (χ4v) is 1.73. The second kappa shape index (κ2) is 3.04. The Morgan fingerprint density at radius 3 is 3.00 bits per heavy atom. The van der Waals surface area contributed by atoms with Gasteiger partial charge >= 0.3 is 0 Å². The number of benzene rings is 1. The molecule has 0 aliphatic carbocycles. The summed E-state index contributed by atoms with van der Waals surface area (Å²) in [4.78, 5) is 0. The zero-order valence-corrected chi connectivity index (χ0v) is 7.74. The molecule has 0 bridgehead atoms. The number of hydrogen-bond donors (Lipinski definition) is 1. The first-order valence-corrected chi connectivity index (χ1v) is 4.38. The molecule has 1 heterocycles. The highest BCUT2D eigenvalue weighted by Crippen LogP contribution is 2.37. The number of ether oxygens (including phenoxy) is 1. The zero-order valence-electron chi connectivity index (χ0n) is 6.23. The fraction of sp³-hybridized carbons (Fsp3) is 0.250. The van der Waals surface area contributed by atoms with Gasteiger partial charge in [-0.2, -0.15) is 0 Å². The van der Waals surface area contributed by atoms with Crippen molar-refractivity contribution < 1.29 is 4.74 Å². The van der Waals surface area contributed by atoms with Gasteiger partial charge in [0.25, 0.3) is 0 Å². The van der Waals surface area contributed by atoms with E-state index in [0.29, 0.717) is 22.4 Å². The summed E-state index contributed by atoms with van der Waals surface area (Å²) in [5.74, 6) is 0.701. The van der Waals surface area contributed by atoms with Gasteiger partial charge in [-0.3, -0.25) is 0 Å². The molecule has 0 aromatic heterocycles. The summed E-state index contributed by atoms with van der Waals surface area (Å²) in [6.07, 6.45) is 0. The molecule has 0 atom stereocenters. The Bertz CT molecular complexity index is 314. The van der Waals surface area contributed by atoms with Crippen molar-refractivity contribution >= 4 is 28.9 Å². The van der Waals surface area contributed by atoms with Crippen LogP contribution in [0.25, 0.3) is 0 Å². The van der Waals surface area contributed by atoms with Crippen LogP contribution >= 0.6 is 23.2 Å². The van der Waals surface area contributed by atoms with Gasteiger partial charge in [0.1, 0.15) is 6.61 Å². The molecule has 0 unspecified atom stereocenters. The standard InChI is InChI=1S/C8H7Cl2NO/c9-5-3-6(10)8-7(4-5)11-1-2-12-8/h3-4,11H,1-2H2. The van der Waals surface area contributed by atoms with Gasteiger partial charge in [0, 0.05) is 11.6 Å². The quantitative estimate of drug-likeness (QED) is 0.701. The summed E-state index contributed by atoms with van der Waals surface area (Å²) in [5.41, 5.74) is 0.874. The Kier molecular flexibility index (Phi) is 2.03. The van der Waals surface area contributed by atoms with Gasteiger partial charge in [-0.15, -0.1) is 0 Å². The molecule has 1 aliphatic heterocycles. The van der Waals surface area contributed by atoms with E-state index < -0.39 is 0 Å². The minimum Gasteiger partial charge on any atom is -0.488 e. The first-order chi connectivity index (χ1) is 5.77. The van der Waals surface area contributed by atoms with E-state index in [0.717, 1.165) is 12.2 Å². The second-order valence-corrected chi connectivity index (χ2v) is 3.38. The molecule has 2 nitrogen and oxygen atoms in total. The monoisotopic (exact) mass is 203 g/mol. The van der Waals surface area contributed by atoms with Crippen molar-refractivity contribution in [3.05, 3.63) is 22.2 Å². The van der Waals surface area contributed by atoms with E-state index in [4.69, 9.17) is 27.9 Å². The van der Waals surface area contributed by atoms with E-state index in [2.05, 4.69) is 5.32 Å². The summed E-state index contributed by atoms with van der Waals surface area (Å²) in [5, 5.41) is 4.33. The summed E-state index contributed by atoms with van der Waals surface area (Å²) >= 11 is 11.7. The van der Waals surface area contributed by atoms with E-state index in [1.807, 2.05) is 6.07 Å². The van der Waals surface area contributed by atoms with E-state index in [-0.39, 0.29) is 0 Å². The fourth-order valence-electron chi connectivity index (χ4n) is 1.18. The third-order valence-electron chi connectivity index (χ3n) is 1.67. The Balaban J connectivity index is 2.53. The lowest BCUT2D eigenvalue weighted by Gasteiger charge is -2.20. The van der Waals surface area contributed by atoms with Crippen molar-refractivity contribution in [3.63, 3.8) is 0 Å². The molecule has 1 aliphatic rings. The van der Waals surface area contributed by atoms with Crippen molar-refractivity contribution in [2.24, 2.45) is 0 Å². The lowest BCUT2D eigenvalue weighted by Crippen LogP contribution is -2.18. The number of rotatable bonds is 0. The molecule has 4 heteroatoms. The van der Waals surface area contributed by atoms with Crippen LogP contribution in [0.1, 0.15) is 0 Å². The molecule has 0 saturated heterocycles. The first-order valence-electron chi connectivity index (χ1n) is 3.63. The molecule has 64 valence electrons. The van der Waals surface area contributed by atoms with Crippen LogP contribution in [0.2, 0.25) is 10.0 Å². The third kappa shape index (κ3) is 1.32. The maximum Gasteiger partial charge on any atom is 0.161 e. The number of halogens is 2. The van der Waals surface area contributed by atoms with Gasteiger partial charge in [0.05, 0.1) is 10.7 Å². The van der Waals surface area contributed by atoms with Crippen LogP contribution in [0.15, 0.2) is 12.1 Å². The van der Waals surface area contributed by atoms with Gasteiger partial charge in [0.15, 0.2) is 5.75 Å². The smallest absolute Gasteiger partial charge is 0.161 e. The van der Waals surface area contributed by atoms with E-state index in [9.17, 15) is 0 Å². The molecule has 2 rings (SSSR count). The van der Waals surface area contributed by atoms with Crippen LogP contribution in [0, 0.1) is 0 Å². The van der Waals surface area contributed by atoms with Crippen molar-refractivity contribution in [1.82, 2.24) is 0 Å². The SMILES string of the molecule is Clc1cc(Cl)c2c(c1)NCCO2. The van der Waals surface area contributed by atoms with E-state index in [1.54, 1.807) is 6.07 Å². The largest absolute Gasteiger partial charge is 0.488 e. The molecule has 0 saturated carbocycles. The van der Waals surface area contributed by atoms with Crippen LogP contribution in [-0.2, 0) is 0 Å². The maximum atomic E-state index is 5.90. The third-order valence-corrected chi connectivity index (χ3v) is 2.17. The van der Waals surface area contributed by atoms with Crippen LogP contribution in [0.4, 0.5) is 5.69 Å². The van der Waals surface area contributed by atoms with Crippen LogP contribution in [0.5, 0.6) is 5.75 Å². The topological polar surface area (TPSA) is 21.3 Å². The summed E-state index contributed by atoms with van der Waals surface area (Å²) in [6.45, 7) is 1.44. The highest BCUT2D eigenvalue weighted by molar-refractivity contribution is 6.36. The van der Waals surface area contributed by atoms with Crippen LogP contribution in [0.3, 0.4) is 0 Å². The van der Waals surface area contributed by atoms with Crippen molar-refractivity contribution in [2.45, 2.75) is 0 Å². The Hall–Kier alpha value is -0.600. The average molecular weight is 204 g/mol. The maximum absolute atomic E-state index is 5.90. The predicted octanol–water partition coefficient (Wildman–Crippen LogP) is 2.80. The van der Waals surface area contributed by atoms with Crippen LogP contribution in [-0.4, -0.2) is 13.2 Å². The molecule has 1 N–H and O–H groups in total. The second-order valence-electron chi connectivity index (χ2n) is 2.54. The van der Waals surface area contributed by atoms with Crippen molar-refractivity contribution in [2.75, 3.05) is 18.5 Å². The van der Waals surface area contributed by atoms with E-state index in [1.165, 1.54) is 0 Å². The van der Waals surface area contributed by atoms with Crippen LogP contribution < -0.4 is 10.1 Å². The summed E-state index contributed by atoms with van der Waals surface area (Å²) in [6, 6.07) is 3.48.